The van der Waals surface area contributed by atoms with E-state index in [9.17, 15) is 4.79 Å². The minimum absolute atomic E-state index is 0.0312. The first-order chi connectivity index (χ1) is 9.76. The Morgan fingerprint density at radius 1 is 1.25 bits per heavy atom. The van der Waals surface area contributed by atoms with Gasteiger partial charge in [0.05, 0.1) is 25.2 Å². The maximum atomic E-state index is 12.0. The van der Waals surface area contributed by atoms with Crippen LogP contribution in [0.3, 0.4) is 0 Å². The van der Waals surface area contributed by atoms with Gasteiger partial charge < -0.3 is 10.1 Å². The van der Waals surface area contributed by atoms with Crippen molar-refractivity contribution < 1.29 is 9.53 Å². The Labute approximate surface area is 120 Å². The monoisotopic (exact) mass is 274 g/mol. The van der Waals surface area contributed by atoms with Gasteiger partial charge in [0, 0.05) is 19.6 Å². The highest BCUT2D eigenvalue weighted by Crippen LogP contribution is 2.18. The quantitative estimate of drug-likeness (QED) is 0.900. The van der Waals surface area contributed by atoms with E-state index >= 15 is 0 Å². The molecule has 1 aromatic carbocycles. The van der Waals surface area contributed by atoms with Gasteiger partial charge >= 0.3 is 0 Å². The molecule has 108 valence electrons. The van der Waals surface area contributed by atoms with Crippen molar-refractivity contribution >= 4 is 5.91 Å². The number of aryl methyl sites for hydroxylation is 1. The van der Waals surface area contributed by atoms with E-state index in [2.05, 4.69) is 41.4 Å². The summed E-state index contributed by atoms with van der Waals surface area (Å²) < 4.78 is 5.57. The zero-order valence-corrected chi connectivity index (χ0v) is 12.0. The van der Waals surface area contributed by atoms with Gasteiger partial charge in [-0.05, 0) is 17.5 Å². The summed E-state index contributed by atoms with van der Waals surface area (Å²) in [6.07, 6.45) is 1.05. The summed E-state index contributed by atoms with van der Waals surface area (Å²) in [6, 6.07) is 8.72. The van der Waals surface area contributed by atoms with Crippen molar-refractivity contribution in [1.29, 1.82) is 0 Å². The third-order valence-electron chi connectivity index (χ3n) is 4.21. The Hall–Kier alpha value is -1.39. The van der Waals surface area contributed by atoms with E-state index in [1.54, 1.807) is 0 Å². The van der Waals surface area contributed by atoms with Crippen molar-refractivity contribution in [2.24, 2.45) is 5.92 Å². The average molecular weight is 274 g/mol. The molecule has 2 aliphatic rings. The molecule has 0 radical (unpaired) electrons. The first-order valence-corrected chi connectivity index (χ1v) is 7.43. The van der Waals surface area contributed by atoms with Crippen LogP contribution in [-0.4, -0.2) is 43.2 Å². The number of carbonyl (C=O) groups excluding carboxylic acids is 1. The molecule has 2 aliphatic heterocycles. The molecule has 0 saturated carbocycles. The van der Waals surface area contributed by atoms with Crippen LogP contribution in [0.5, 0.6) is 0 Å². The minimum atomic E-state index is -0.0312. The predicted octanol–water partition coefficient (Wildman–Crippen LogP) is 1.20. The van der Waals surface area contributed by atoms with Crippen molar-refractivity contribution in [2.45, 2.75) is 25.9 Å². The molecule has 2 bridgehead atoms. The van der Waals surface area contributed by atoms with Gasteiger partial charge in [-0.3, -0.25) is 9.69 Å². The minimum Gasteiger partial charge on any atom is -0.378 e. The van der Waals surface area contributed by atoms with Crippen molar-refractivity contribution in [3.63, 3.8) is 0 Å². The first-order valence-electron chi connectivity index (χ1n) is 7.43. The number of benzene rings is 1. The molecular weight excluding hydrogens is 252 g/mol. The number of amides is 1. The summed E-state index contributed by atoms with van der Waals surface area (Å²) in [5.41, 5.74) is 2.78. The summed E-state index contributed by atoms with van der Waals surface area (Å²) in [5, 5.41) is 3.08. The molecular formula is C16H22N2O2. The third-order valence-corrected chi connectivity index (χ3v) is 4.21. The van der Waals surface area contributed by atoms with E-state index in [1.807, 2.05) is 0 Å². The number of hydrogen-bond donors (Lipinski definition) is 1. The molecule has 20 heavy (non-hydrogen) atoms. The molecule has 0 spiro atoms. The molecule has 0 aliphatic carbocycles. The van der Waals surface area contributed by atoms with E-state index in [4.69, 9.17) is 4.74 Å². The number of nitrogens with zero attached hydrogens (tertiary/aromatic N) is 1. The molecule has 1 N–H and O–H groups in total. The summed E-state index contributed by atoms with van der Waals surface area (Å²) in [7, 11) is 0. The number of carbonyl (C=O) groups is 1. The predicted molar refractivity (Wildman–Crippen MR) is 77.3 cm³/mol. The fourth-order valence-electron chi connectivity index (χ4n) is 3.15. The van der Waals surface area contributed by atoms with E-state index < -0.39 is 0 Å². The molecule has 1 aromatic rings. The van der Waals surface area contributed by atoms with Gasteiger partial charge in [0.15, 0.2) is 0 Å². The van der Waals surface area contributed by atoms with Crippen molar-refractivity contribution in [3.05, 3.63) is 35.4 Å². The summed E-state index contributed by atoms with van der Waals surface area (Å²) in [4.78, 5) is 14.4. The van der Waals surface area contributed by atoms with E-state index in [1.165, 1.54) is 11.1 Å². The van der Waals surface area contributed by atoms with Crippen molar-refractivity contribution in [2.75, 3.05) is 26.3 Å². The lowest BCUT2D eigenvalue weighted by atomic mass is 10.0. The maximum absolute atomic E-state index is 12.0. The van der Waals surface area contributed by atoms with Crippen LogP contribution in [0, 0.1) is 5.92 Å². The van der Waals surface area contributed by atoms with Gasteiger partial charge in [-0.2, -0.15) is 0 Å². The van der Waals surface area contributed by atoms with Crippen LogP contribution in [-0.2, 0) is 22.5 Å². The molecule has 0 unspecified atom stereocenters. The van der Waals surface area contributed by atoms with Crippen molar-refractivity contribution in [1.82, 2.24) is 10.2 Å². The van der Waals surface area contributed by atoms with Crippen LogP contribution in [0.1, 0.15) is 18.1 Å². The zero-order chi connectivity index (χ0) is 13.9. The van der Waals surface area contributed by atoms with Crippen molar-refractivity contribution in [3.8, 4) is 0 Å². The lowest BCUT2D eigenvalue weighted by Gasteiger charge is -2.28. The summed E-state index contributed by atoms with van der Waals surface area (Å²) in [6.45, 7) is 5.96. The summed E-state index contributed by atoms with van der Waals surface area (Å²) >= 11 is 0. The topological polar surface area (TPSA) is 41.6 Å². The van der Waals surface area contributed by atoms with Crippen LogP contribution < -0.4 is 5.32 Å². The first kappa shape index (κ1) is 13.6. The second kappa shape index (κ2) is 5.94. The number of fused-ring (bicyclic) bond motifs is 3. The Morgan fingerprint density at radius 3 is 2.85 bits per heavy atom. The molecule has 2 fully saturated rings. The fourth-order valence-corrected chi connectivity index (χ4v) is 3.15. The van der Waals surface area contributed by atoms with Crippen LogP contribution in [0.4, 0.5) is 0 Å². The number of ether oxygens (including phenoxy) is 1. The average Bonchev–Trinajstić information content (AvgIpc) is 2.68. The number of nitrogens with one attached hydrogen (secondary N) is 1. The zero-order valence-electron chi connectivity index (χ0n) is 12.0. The van der Waals surface area contributed by atoms with E-state index in [0.29, 0.717) is 13.2 Å². The van der Waals surface area contributed by atoms with Gasteiger partial charge in [-0.15, -0.1) is 0 Å². The SMILES string of the molecule is CCc1ccccc1CN1C[C@H]2COC[C@@H](C1)C(=O)N2. The van der Waals surface area contributed by atoms with Gasteiger partial charge in [0.1, 0.15) is 0 Å². The second-order valence-corrected chi connectivity index (χ2v) is 5.76. The number of hydrogen-bond acceptors (Lipinski definition) is 3. The maximum Gasteiger partial charge on any atom is 0.227 e. The highest BCUT2D eigenvalue weighted by molar-refractivity contribution is 5.79. The lowest BCUT2D eigenvalue weighted by molar-refractivity contribution is -0.125. The van der Waals surface area contributed by atoms with Crippen LogP contribution in [0.15, 0.2) is 24.3 Å². The van der Waals surface area contributed by atoms with E-state index in [0.717, 1.165) is 26.1 Å². The molecule has 1 amide bonds. The molecule has 0 aromatic heterocycles. The number of rotatable bonds is 3. The standard InChI is InChI=1S/C16H22N2O2/c1-2-12-5-3-4-6-13(12)7-18-8-14-10-20-11-15(9-18)17-16(14)19/h3-6,14-15H,2,7-11H2,1H3,(H,17,19)/t14-,15+/m1/s1. The van der Waals surface area contributed by atoms with Gasteiger partial charge in [-0.1, -0.05) is 31.2 Å². The van der Waals surface area contributed by atoms with E-state index in [-0.39, 0.29) is 17.9 Å². The molecule has 4 nitrogen and oxygen atoms in total. The van der Waals surface area contributed by atoms with Crippen LogP contribution >= 0.6 is 0 Å². The highest BCUT2D eigenvalue weighted by atomic mass is 16.5. The smallest absolute Gasteiger partial charge is 0.227 e. The summed E-state index contributed by atoms with van der Waals surface area (Å²) in [5.74, 6) is 0.120. The largest absolute Gasteiger partial charge is 0.378 e. The van der Waals surface area contributed by atoms with Crippen LogP contribution in [0.2, 0.25) is 0 Å². The van der Waals surface area contributed by atoms with Gasteiger partial charge in [-0.25, -0.2) is 0 Å². The Morgan fingerprint density at radius 2 is 2.05 bits per heavy atom. The molecule has 3 rings (SSSR count). The molecule has 2 atom stereocenters. The molecule has 2 saturated heterocycles. The Balaban J connectivity index is 1.76. The Bertz CT molecular complexity index is 489. The van der Waals surface area contributed by atoms with Crippen LogP contribution in [0.25, 0.3) is 0 Å². The lowest BCUT2D eigenvalue weighted by Crippen LogP contribution is -2.41. The highest BCUT2D eigenvalue weighted by Gasteiger charge is 2.33. The molecule has 2 heterocycles. The Kier molecular flexibility index (Phi) is 4.03. The normalized spacial score (nSPS) is 26.9. The van der Waals surface area contributed by atoms with Gasteiger partial charge in [0.25, 0.3) is 0 Å². The molecule has 4 heteroatoms. The van der Waals surface area contributed by atoms with Gasteiger partial charge in [0.2, 0.25) is 5.91 Å². The third kappa shape index (κ3) is 2.86. The second-order valence-electron chi connectivity index (χ2n) is 5.76. The fraction of sp³-hybridized carbons (Fsp3) is 0.562.